The number of hydrogen-bond donors (Lipinski definition) is 1. The summed E-state index contributed by atoms with van der Waals surface area (Å²) >= 11 is -3.26. The van der Waals surface area contributed by atoms with Crippen LogP contribution in [0.25, 0.3) is 0 Å². The second-order valence-corrected chi connectivity index (χ2v) is 2.75. The topological polar surface area (TPSA) is 46.5 Å². The van der Waals surface area contributed by atoms with E-state index in [2.05, 4.69) is 3.02 Å². The van der Waals surface area contributed by atoms with E-state index in [9.17, 15) is 3.02 Å². The minimum absolute atomic E-state index is 0.350. The van der Waals surface area contributed by atoms with E-state index >= 15 is 0 Å². The molecule has 0 aromatic heterocycles. The maximum atomic E-state index is 9.64. The van der Waals surface area contributed by atoms with E-state index in [0.717, 1.165) is 0 Å². The predicted octanol–water partition coefficient (Wildman–Crippen LogP) is -0.569. The van der Waals surface area contributed by atoms with Gasteiger partial charge in [0, 0.05) is 0 Å². The fourth-order valence-electron chi connectivity index (χ4n) is 0.110. The molecule has 0 aliphatic heterocycles. The van der Waals surface area contributed by atoms with Crippen molar-refractivity contribution < 1.29 is 9.42 Å². The molecule has 3 nitrogen and oxygen atoms in total. The second kappa shape index (κ2) is 3.72. The van der Waals surface area contributed by atoms with E-state index in [1.165, 1.54) is 0 Å². The quantitative estimate of drug-likeness (QED) is 0.607. The monoisotopic (exact) mass is 199 g/mol. The van der Waals surface area contributed by atoms with Crippen LogP contribution in [0.5, 0.6) is 0 Å². The van der Waals surface area contributed by atoms with E-state index in [4.69, 9.17) is 3.39 Å². The van der Waals surface area contributed by atoms with Gasteiger partial charge in [0.05, 0.1) is 0 Å². The molecule has 0 bridgehead atoms. The van der Waals surface area contributed by atoms with Crippen LogP contribution in [0.15, 0.2) is 0 Å². The van der Waals surface area contributed by atoms with Gasteiger partial charge in [-0.1, -0.05) is 0 Å². The van der Waals surface area contributed by atoms with Crippen LogP contribution >= 0.6 is 0 Å². The Kier molecular flexibility index (Phi) is 4.05. The van der Waals surface area contributed by atoms with Crippen LogP contribution in [0.1, 0.15) is 6.92 Å². The molecule has 0 saturated heterocycles. The standard InChI is InChI=1S/C2H5O.H2O.O.Sb/c1-2-3;;;/h2H2,1H3;1H2;;/q-1;;;+2/p-1. The molecule has 0 rings (SSSR count). The third-order valence-corrected chi connectivity index (χ3v) is 1.61. The zero-order chi connectivity index (χ0) is 4.99. The van der Waals surface area contributed by atoms with E-state index in [0.29, 0.717) is 6.61 Å². The summed E-state index contributed by atoms with van der Waals surface area (Å²) in [4.78, 5) is 0. The normalized spacial score (nSPS) is 8.33. The fraction of sp³-hybridized carbons (Fsp3) is 1.00. The molecule has 0 spiro atoms. The summed E-state index contributed by atoms with van der Waals surface area (Å²) in [6, 6.07) is 0. The van der Waals surface area contributed by atoms with E-state index < -0.39 is 21.0 Å². The van der Waals surface area contributed by atoms with Gasteiger partial charge in [-0.3, -0.25) is 0 Å². The van der Waals surface area contributed by atoms with Crippen molar-refractivity contribution in [1.82, 2.24) is 0 Å². The second-order valence-electron chi connectivity index (χ2n) is 0.656. The SMILES string of the molecule is CC[O][Sb](=[O])[OH]. The van der Waals surface area contributed by atoms with Gasteiger partial charge in [0.15, 0.2) is 0 Å². The van der Waals surface area contributed by atoms with Gasteiger partial charge in [0.1, 0.15) is 0 Å². The van der Waals surface area contributed by atoms with Crippen LogP contribution in [0.4, 0.5) is 0 Å². The van der Waals surface area contributed by atoms with Crippen LogP contribution in [0.2, 0.25) is 0 Å². The zero-order valence-electron chi connectivity index (χ0n) is 3.42. The molecule has 0 fully saturated rings. The summed E-state index contributed by atoms with van der Waals surface area (Å²) < 4.78 is 21.8. The molecule has 6 heavy (non-hydrogen) atoms. The van der Waals surface area contributed by atoms with Crippen LogP contribution in [-0.4, -0.2) is 31.0 Å². The molecule has 0 aliphatic rings. The molecule has 0 aliphatic carbocycles. The first-order valence-corrected chi connectivity index (χ1v) is 4.79. The molecule has 1 N–H and O–H groups in total. The molecule has 0 aromatic carbocycles. The molecule has 1 radical (unpaired) electrons. The van der Waals surface area contributed by atoms with E-state index in [-0.39, 0.29) is 0 Å². The minimum atomic E-state index is -3.26. The summed E-state index contributed by atoms with van der Waals surface area (Å²) in [5, 5.41) is 0. The van der Waals surface area contributed by atoms with E-state index in [1.807, 2.05) is 0 Å². The van der Waals surface area contributed by atoms with Gasteiger partial charge in [-0.05, 0) is 0 Å². The first kappa shape index (κ1) is 6.54. The number of rotatable bonds is 2. The Morgan fingerprint density at radius 3 is 2.50 bits per heavy atom. The zero-order valence-corrected chi connectivity index (χ0v) is 5.97. The van der Waals surface area contributed by atoms with Gasteiger partial charge in [-0.2, -0.15) is 0 Å². The van der Waals surface area contributed by atoms with Gasteiger partial charge in [-0.15, -0.1) is 0 Å². The average molecular weight is 200 g/mol. The van der Waals surface area contributed by atoms with Gasteiger partial charge >= 0.3 is 44.0 Å². The molecular formula is C2H6O3Sb. The summed E-state index contributed by atoms with van der Waals surface area (Å²) in [5.74, 6) is 0. The van der Waals surface area contributed by atoms with Crippen molar-refractivity contribution in [2.75, 3.05) is 6.61 Å². The summed E-state index contributed by atoms with van der Waals surface area (Å²) in [6.07, 6.45) is 0. The van der Waals surface area contributed by atoms with Crippen LogP contribution in [-0.2, 0) is 6.03 Å². The molecular weight excluding hydrogens is 194 g/mol. The Balaban J connectivity index is 2.83. The number of hydrogen-bond acceptors (Lipinski definition) is 2. The Bertz CT molecular complexity index is 52.8. The molecule has 0 atom stereocenters. The molecule has 0 unspecified atom stereocenters. The Morgan fingerprint density at radius 2 is 2.50 bits per heavy atom. The van der Waals surface area contributed by atoms with Crippen molar-refractivity contribution in [2.24, 2.45) is 0 Å². The van der Waals surface area contributed by atoms with Crippen molar-refractivity contribution in [1.29, 1.82) is 0 Å². The molecule has 37 valence electrons. The van der Waals surface area contributed by atoms with Crippen molar-refractivity contribution in [3.05, 3.63) is 0 Å². The maximum absolute atomic E-state index is 9.64. The van der Waals surface area contributed by atoms with Crippen LogP contribution in [0, 0.1) is 0 Å². The van der Waals surface area contributed by atoms with Crippen molar-refractivity contribution in [3.8, 4) is 0 Å². The van der Waals surface area contributed by atoms with Gasteiger partial charge in [-0.25, -0.2) is 0 Å². The molecule has 4 heteroatoms. The predicted molar refractivity (Wildman–Crippen MR) is 20.3 cm³/mol. The summed E-state index contributed by atoms with van der Waals surface area (Å²) in [6.45, 7) is 2.04. The van der Waals surface area contributed by atoms with Crippen molar-refractivity contribution >= 4 is 21.0 Å². The summed E-state index contributed by atoms with van der Waals surface area (Å²) in [7, 11) is 0. The molecule has 0 amide bonds. The van der Waals surface area contributed by atoms with E-state index in [1.54, 1.807) is 6.92 Å². The third kappa shape index (κ3) is 4.54. The summed E-state index contributed by atoms with van der Waals surface area (Å²) in [5.41, 5.74) is 0. The molecule has 0 saturated carbocycles. The Labute approximate surface area is 44.4 Å². The Morgan fingerprint density at radius 1 is 2.00 bits per heavy atom. The fourth-order valence-corrected chi connectivity index (χ4v) is 0.741. The first-order valence-electron chi connectivity index (χ1n) is 1.56. The molecule has 0 heterocycles. The van der Waals surface area contributed by atoms with Gasteiger partial charge in [0.25, 0.3) is 0 Å². The van der Waals surface area contributed by atoms with Crippen LogP contribution < -0.4 is 0 Å². The third-order valence-electron chi connectivity index (χ3n) is 0.240. The van der Waals surface area contributed by atoms with Gasteiger partial charge in [0.2, 0.25) is 0 Å². The van der Waals surface area contributed by atoms with Gasteiger partial charge < -0.3 is 0 Å². The molecule has 0 aromatic rings. The van der Waals surface area contributed by atoms with Crippen molar-refractivity contribution in [3.63, 3.8) is 0 Å². The van der Waals surface area contributed by atoms with Crippen LogP contribution in [0.3, 0.4) is 0 Å². The first-order chi connectivity index (χ1) is 2.77. The average Bonchev–Trinajstić information content (AvgIpc) is 1.35. The Hall–Kier alpha value is 0.538. The van der Waals surface area contributed by atoms with Crippen molar-refractivity contribution in [2.45, 2.75) is 6.92 Å².